The minimum Gasteiger partial charge on any atom is -0.447 e. The summed E-state index contributed by atoms with van der Waals surface area (Å²) < 4.78 is 4.96. The van der Waals surface area contributed by atoms with Crippen molar-refractivity contribution in [3.8, 4) is 0 Å². The van der Waals surface area contributed by atoms with Crippen molar-refractivity contribution < 1.29 is 14.5 Å². The van der Waals surface area contributed by atoms with E-state index in [0.29, 0.717) is 12.1 Å². The van der Waals surface area contributed by atoms with Crippen molar-refractivity contribution in [1.82, 2.24) is 0 Å². The second-order valence-corrected chi connectivity index (χ2v) is 4.52. The smallest absolute Gasteiger partial charge is 0.411 e. The average Bonchev–Trinajstić information content (AvgIpc) is 2.37. The molecule has 1 aromatic rings. The summed E-state index contributed by atoms with van der Waals surface area (Å²) in [6.45, 7) is 3.74. The average molecular weight is 267 g/mol. The van der Waals surface area contributed by atoms with Gasteiger partial charge in [-0.2, -0.15) is 0 Å². The lowest BCUT2D eigenvalue weighted by Gasteiger charge is -2.21. The Morgan fingerprint density at radius 3 is 2.84 bits per heavy atom. The Hall–Kier alpha value is -2.15. The fourth-order valence-electron chi connectivity index (χ4n) is 1.18. The van der Waals surface area contributed by atoms with E-state index in [-0.39, 0.29) is 12.3 Å². The number of nitro groups is 1. The van der Waals surface area contributed by atoms with Gasteiger partial charge in [-0.05, 0) is 19.4 Å². The summed E-state index contributed by atoms with van der Waals surface area (Å²) in [7, 11) is 0. The highest BCUT2D eigenvalue weighted by molar-refractivity contribution is 5.85. The molecule has 1 aromatic carbocycles. The number of nitrogens with zero attached hydrogens (tertiary/aromatic N) is 1. The molecule has 3 N–H and O–H groups in total. The Labute approximate surface area is 110 Å². The van der Waals surface area contributed by atoms with Crippen LogP contribution in [0.5, 0.6) is 0 Å². The number of non-ortho nitro benzene ring substituents is 1. The van der Waals surface area contributed by atoms with Crippen molar-refractivity contribution in [2.75, 3.05) is 11.9 Å². The molecule has 0 radical (unpaired) electrons. The van der Waals surface area contributed by atoms with Gasteiger partial charge in [-0.1, -0.05) is 13.0 Å². The molecule has 19 heavy (non-hydrogen) atoms. The van der Waals surface area contributed by atoms with Crippen LogP contribution in [-0.4, -0.2) is 23.2 Å². The van der Waals surface area contributed by atoms with Gasteiger partial charge in [0, 0.05) is 17.7 Å². The number of hydrogen-bond donors (Lipinski definition) is 2. The predicted octanol–water partition coefficient (Wildman–Crippen LogP) is 2.27. The summed E-state index contributed by atoms with van der Waals surface area (Å²) in [5.74, 6) is 0. The van der Waals surface area contributed by atoms with Crippen molar-refractivity contribution in [3.63, 3.8) is 0 Å². The molecule has 0 aromatic heterocycles. The number of anilines is 1. The number of benzene rings is 1. The van der Waals surface area contributed by atoms with Gasteiger partial charge < -0.3 is 10.5 Å². The van der Waals surface area contributed by atoms with E-state index in [1.54, 1.807) is 6.92 Å². The van der Waals surface area contributed by atoms with E-state index in [2.05, 4.69) is 5.32 Å². The second kappa shape index (κ2) is 6.14. The molecule has 0 saturated carbocycles. The van der Waals surface area contributed by atoms with Crippen LogP contribution in [0, 0.1) is 10.1 Å². The molecule has 7 heteroatoms. The second-order valence-electron chi connectivity index (χ2n) is 4.52. The van der Waals surface area contributed by atoms with Gasteiger partial charge in [0.25, 0.3) is 5.69 Å². The molecular weight excluding hydrogens is 250 g/mol. The Morgan fingerprint density at radius 1 is 1.58 bits per heavy atom. The van der Waals surface area contributed by atoms with Crippen LogP contribution in [0.25, 0.3) is 0 Å². The molecule has 0 fully saturated rings. The standard InChI is InChI=1S/C12H17N3O4/c1-3-12(2,13)8-19-11(16)14-9-5-4-6-10(7-9)15(17)18/h4-7H,3,8,13H2,1-2H3,(H,14,16). The molecule has 1 atom stereocenters. The number of ether oxygens (including phenoxy) is 1. The first-order chi connectivity index (χ1) is 8.84. The molecule has 1 amide bonds. The molecule has 0 saturated heterocycles. The molecule has 0 bridgehead atoms. The van der Waals surface area contributed by atoms with Crippen LogP contribution < -0.4 is 11.1 Å². The molecule has 1 unspecified atom stereocenters. The molecule has 0 heterocycles. The Kier molecular flexibility index (Phi) is 4.82. The van der Waals surface area contributed by atoms with Gasteiger partial charge >= 0.3 is 6.09 Å². The number of rotatable bonds is 5. The third-order valence-corrected chi connectivity index (χ3v) is 2.64. The van der Waals surface area contributed by atoms with Crippen LogP contribution in [0.2, 0.25) is 0 Å². The summed E-state index contributed by atoms with van der Waals surface area (Å²) in [5.41, 5.74) is 5.44. The molecule has 0 spiro atoms. The maximum Gasteiger partial charge on any atom is 0.411 e. The molecule has 1 rings (SSSR count). The highest BCUT2D eigenvalue weighted by Crippen LogP contribution is 2.17. The number of nitrogens with two attached hydrogens (primary N) is 1. The monoisotopic (exact) mass is 267 g/mol. The van der Waals surface area contributed by atoms with Gasteiger partial charge in [0.1, 0.15) is 6.61 Å². The van der Waals surface area contributed by atoms with Crippen molar-refractivity contribution in [2.24, 2.45) is 5.73 Å². The van der Waals surface area contributed by atoms with Crippen LogP contribution in [0.1, 0.15) is 20.3 Å². The Balaban J connectivity index is 2.58. The van der Waals surface area contributed by atoms with Gasteiger partial charge in [0.15, 0.2) is 0 Å². The van der Waals surface area contributed by atoms with Gasteiger partial charge in [-0.25, -0.2) is 4.79 Å². The van der Waals surface area contributed by atoms with Crippen LogP contribution in [0.4, 0.5) is 16.2 Å². The quantitative estimate of drug-likeness (QED) is 0.628. The fraction of sp³-hybridized carbons (Fsp3) is 0.417. The lowest BCUT2D eigenvalue weighted by Crippen LogP contribution is -2.41. The number of nitrogens with one attached hydrogen (secondary N) is 1. The number of amides is 1. The van der Waals surface area contributed by atoms with E-state index < -0.39 is 16.6 Å². The fourth-order valence-corrected chi connectivity index (χ4v) is 1.18. The third-order valence-electron chi connectivity index (χ3n) is 2.64. The van der Waals surface area contributed by atoms with Crippen molar-refractivity contribution >= 4 is 17.5 Å². The van der Waals surface area contributed by atoms with E-state index in [9.17, 15) is 14.9 Å². The maximum absolute atomic E-state index is 11.5. The summed E-state index contributed by atoms with van der Waals surface area (Å²) in [6.07, 6.45) is -0.0255. The van der Waals surface area contributed by atoms with Crippen molar-refractivity contribution in [1.29, 1.82) is 0 Å². The van der Waals surface area contributed by atoms with Crippen molar-refractivity contribution in [2.45, 2.75) is 25.8 Å². The largest absolute Gasteiger partial charge is 0.447 e. The number of carbonyl (C=O) groups is 1. The van der Waals surface area contributed by atoms with Crippen LogP contribution in [-0.2, 0) is 4.74 Å². The molecule has 0 aliphatic carbocycles. The van der Waals surface area contributed by atoms with Gasteiger partial charge in [0.05, 0.1) is 10.6 Å². The molecule has 7 nitrogen and oxygen atoms in total. The summed E-state index contributed by atoms with van der Waals surface area (Å²) in [6, 6.07) is 5.61. The van der Waals surface area contributed by atoms with E-state index >= 15 is 0 Å². The molecule has 104 valence electrons. The normalized spacial score (nSPS) is 13.4. The van der Waals surface area contributed by atoms with E-state index in [4.69, 9.17) is 10.5 Å². The van der Waals surface area contributed by atoms with Gasteiger partial charge in [-0.15, -0.1) is 0 Å². The van der Waals surface area contributed by atoms with Crippen LogP contribution >= 0.6 is 0 Å². The first kappa shape index (κ1) is 14.9. The van der Waals surface area contributed by atoms with E-state index in [1.165, 1.54) is 24.3 Å². The third kappa shape index (κ3) is 4.92. The first-order valence-corrected chi connectivity index (χ1v) is 5.81. The summed E-state index contributed by atoms with van der Waals surface area (Å²) in [5, 5.41) is 13.0. The minimum absolute atomic E-state index is 0.0737. The summed E-state index contributed by atoms with van der Waals surface area (Å²) in [4.78, 5) is 21.5. The van der Waals surface area contributed by atoms with E-state index in [0.717, 1.165) is 0 Å². The Bertz CT molecular complexity index is 474. The van der Waals surface area contributed by atoms with Crippen molar-refractivity contribution in [3.05, 3.63) is 34.4 Å². The van der Waals surface area contributed by atoms with Crippen LogP contribution in [0.3, 0.4) is 0 Å². The zero-order valence-corrected chi connectivity index (χ0v) is 10.9. The number of hydrogen-bond acceptors (Lipinski definition) is 5. The van der Waals surface area contributed by atoms with E-state index in [1.807, 2.05) is 6.92 Å². The SMILES string of the molecule is CCC(C)(N)COC(=O)Nc1cccc([N+](=O)[O-])c1. The zero-order chi connectivity index (χ0) is 14.5. The topological polar surface area (TPSA) is 107 Å². The summed E-state index contributed by atoms with van der Waals surface area (Å²) >= 11 is 0. The number of nitro benzene ring substituents is 1. The first-order valence-electron chi connectivity index (χ1n) is 5.81. The van der Waals surface area contributed by atoms with Crippen LogP contribution in [0.15, 0.2) is 24.3 Å². The van der Waals surface area contributed by atoms with Gasteiger partial charge in [-0.3, -0.25) is 15.4 Å². The highest BCUT2D eigenvalue weighted by atomic mass is 16.6. The lowest BCUT2D eigenvalue weighted by atomic mass is 10.0. The molecule has 0 aliphatic rings. The van der Waals surface area contributed by atoms with Gasteiger partial charge in [0.2, 0.25) is 0 Å². The lowest BCUT2D eigenvalue weighted by molar-refractivity contribution is -0.384. The Morgan fingerprint density at radius 2 is 2.26 bits per heavy atom. The maximum atomic E-state index is 11.5. The highest BCUT2D eigenvalue weighted by Gasteiger charge is 2.18. The molecular formula is C12H17N3O4. The zero-order valence-electron chi connectivity index (χ0n) is 10.9. The predicted molar refractivity (Wildman–Crippen MR) is 71.0 cm³/mol. The minimum atomic E-state index is -0.689. The molecule has 0 aliphatic heterocycles. The number of carbonyl (C=O) groups excluding carboxylic acids is 1.